The van der Waals surface area contributed by atoms with E-state index in [4.69, 9.17) is 11.6 Å². The molecule has 1 aromatic heterocycles. The fourth-order valence-corrected chi connectivity index (χ4v) is 3.18. The van der Waals surface area contributed by atoms with E-state index in [1.165, 1.54) is 0 Å². The number of piperazine rings is 1. The van der Waals surface area contributed by atoms with Crippen molar-refractivity contribution in [2.75, 3.05) is 45.1 Å². The lowest BCUT2D eigenvalue weighted by Crippen LogP contribution is -2.47. The van der Waals surface area contributed by atoms with Gasteiger partial charge in [-0.25, -0.2) is 9.97 Å². The number of likely N-dealkylation sites (N-methyl/N-ethyl adjacent to an activating group) is 1. The van der Waals surface area contributed by atoms with E-state index in [0.717, 1.165) is 43.2 Å². The third-order valence-corrected chi connectivity index (χ3v) is 4.69. The normalized spacial score (nSPS) is 15.1. The van der Waals surface area contributed by atoms with E-state index in [1.54, 1.807) is 6.07 Å². The summed E-state index contributed by atoms with van der Waals surface area (Å²) in [5, 5.41) is 4.02. The summed E-state index contributed by atoms with van der Waals surface area (Å²) in [6.45, 7) is 5.76. The van der Waals surface area contributed by atoms with Gasteiger partial charge in [-0.05, 0) is 38.1 Å². The van der Waals surface area contributed by atoms with Gasteiger partial charge >= 0.3 is 0 Å². The van der Waals surface area contributed by atoms with Crippen molar-refractivity contribution >= 4 is 23.3 Å². The van der Waals surface area contributed by atoms with Crippen LogP contribution in [-0.2, 0) is 6.42 Å². The van der Waals surface area contributed by atoms with E-state index in [-0.39, 0.29) is 5.91 Å². The molecule has 138 valence electrons. The lowest BCUT2D eigenvalue weighted by Gasteiger charge is -2.32. The molecule has 2 aromatic rings. The lowest BCUT2D eigenvalue weighted by molar-refractivity contribution is 0.0658. The number of aromatic nitrogens is 2. The van der Waals surface area contributed by atoms with Crippen molar-refractivity contribution in [3.63, 3.8) is 0 Å². The largest absolute Gasteiger partial charge is 0.370 e. The number of carbonyl (C=O) groups excluding carboxylic acids is 1. The van der Waals surface area contributed by atoms with E-state index in [0.29, 0.717) is 23.9 Å². The number of hydrogen-bond acceptors (Lipinski definition) is 5. The van der Waals surface area contributed by atoms with Gasteiger partial charge in [0.05, 0.1) is 0 Å². The molecule has 0 atom stereocenters. The number of hydrogen-bond donors (Lipinski definition) is 1. The number of amides is 1. The summed E-state index contributed by atoms with van der Waals surface area (Å²) in [6, 6.07) is 9.55. The van der Waals surface area contributed by atoms with Gasteiger partial charge in [0.25, 0.3) is 5.91 Å². The number of aryl methyl sites for hydroxylation is 1. The summed E-state index contributed by atoms with van der Waals surface area (Å²) >= 11 is 6.01. The summed E-state index contributed by atoms with van der Waals surface area (Å²) in [6.07, 6.45) is 0.825. The van der Waals surface area contributed by atoms with Crippen molar-refractivity contribution in [1.82, 2.24) is 19.8 Å². The Kier molecular flexibility index (Phi) is 6.06. The third-order valence-electron chi connectivity index (χ3n) is 4.46. The van der Waals surface area contributed by atoms with Gasteiger partial charge in [0.1, 0.15) is 17.3 Å². The van der Waals surface area contributed by atoms with Gasteiger partial charge in [0, 0.05) is 43.8 Å². The number of halogens is 1. The van der Waals surface area contributed by atoms with Crippen LogP contribution in [0.4, 0.5) is 5.82 Å². The van der Waals surface area contributed by atoms with E-state index in [1.807, 2.05) is 36.1 Å². The summed E-state index contributed by atoms with van der Waals surface area (Å²) < 4.78 is 0. The Morgan fingerprint density at radius 3 is 2.69 bits per heavy atom. The van der Waals surface area contributed by atoms with Crippen LogP contribution in [0.15, 0.2) is 30.3 Å². The smallest absolute Gasteiger partial charge is 0.272 e. The van der Waals surface area contributed by atoms with E-state index >= 15 is 0 Å². The standard InChI is InChI=1S/C19H24ClN5O/c1-14-22-17(19(26)25-10-8-24(2)9-11-25)13-18(23-14)21-7-6-15-4-3-5-16(20)12-15/h3-5,12-13H,6-11H2,1-2H3,(H,21,22,23). The maximum Gasteiger partial charge on any atom is 0.272 e. The molecular formula is C19H24ClN5O. The van der Waals surface area contributed by atoms with Crippen LogP contribution < -0.4 is 5.32 Å². The van der Waals surface area contributed by atoms with Gasteiger partial charge in [-0.3, -0.25) is 4.79 Å². The molecule has 3 rings (SSSR count). The van der Waals surface area contributed by atoms with Crippen LogP contribution in [0, 0.1) is 6.92 Å². The van der Waals surface area contributed by atoms with Crippen molar-refractivity contribution in [1.29, 1.82) is 0 Å². The molecule has 0 radical (unpaired) electrons. The highest BCUT2D eigenvalue weighted by atomic mass is 35.5. The van der Waals surface area contributed by atoms with Gasteiger partial charge in [0.15, 0.2) is 0 Å². The second-order valence-electron chi connectivity index (χ2n) is 6.59. The summed E-state index contributed by atoms with van der Waals surface area (Å²) in [7, 11) is 2.07. The van der Waals surface area contributed by atoms with E-state index in [2.05, 4.69) is 27.2 Å². The SMILES string of the molecule is Cc1nc(NCCc2cccc(Cl)c2)cc(C(=O)N2CCN(C)CC2)n1. The first-order valence-electron chi connectivity index (χ1n) is 8.83. The Labute approximate surface area is 159 Å². The van der Waals surface area contributed by atoms with E-state index < -0.39 is 0 Å². The van der Waals surface area contributed by atoms with Gasteiger partial charge in [-0.1, -0.05) is 23.7 Å². The highest BCUT2D eigenvalue weighted by Crippen LogP contribution is 2.13. The number of benzene rings is 1. The van der Waals surface area contributed by atoms with Gasteiger partial charge in [-0.2, -0.15) is 0 Å². The average Bonchev–Trinajstić information content (AvgIpc) is 2.61. The maximum atomic E-state index is 12.7. The zero-order valence-electron chi connectivity index (χ0n) is 15.2. The first-order valence-corrected chi connectivity index (χ1v) is 9.21. The molecule has 6 nitrogen and oxygen atoms in total. The second kappa shape index (κ2) is 8.47. The molecule has 0 unspecified atom stereocenters. The van der Waals surface area contributed by atoms with Crippen molar-refractivity contribution in [3.05, 3.63) is 52.4 Å². The Morgan fingerprint density at radius 2 is 1.96 bits per heavy atom. The van der Waals surface area contributed by atoms with Gasteiger partial charge in [-0.15, -0.1) is 0 Å². The minimum Gasteiger partial charge on any atom is -0.370 e. The monoisotopic (exact) mass is 373 g/mol. The van der Waals surface area contributed by atoms with Crippen molar-refractivity contribution in [2.24, 2.45) is 0 Å². The maximum absolute atomic E-state index is 12.7. The van der Waals surface area contributed by atoms with Crippen LogP contribution in [0.25, 0.3) is 0 Å². The fraction of sp³-hybridized carbons (Fsp3) is 0.421. The van der Waals surface area contributed by atoms with Gasteiger partial charge < -0.3 is 15.1 Å². The lowest BCUT2D eigenvalue weighted by atomic mass is 10.1. The summed E-state index contributed by atoms with van der Waals surface area (Å²) in [5.41, 5.74) is 1.61. The van der Waals surface area contributed by atoms with Crippen LogP contribution >= 0.6 is 11.6 Å². The quantitative estimate of drug-likeness (QED) is 0.872. The van der Waals surface area contributed by atoms with Crippen LogP contribution in [0.2, 0.25) is 5.02 Å². The topological polar surface area (TPSA) is 61.4 Å². The Bertz CT molecular complexity index is 774. The molecule has 2 heterocycles. The highest BCUT2D eigenvalue weighted by Gasteiger charge is 2.22. The predicted octanol–water partition coefficient (Wildman–Crippen LogP) is 2.48. The first kappa shape index (κ1) is 18.6. The minimum absolute atomic E-state index is 0.0264. The first-order chi connectivity index (χ1) is 12.5. The predicted molar refractivity (Wildman–Crippen MR) is 104 cm³/mol. The number of rotatable bonds is 5. The molecular weight excluding hydrogens is 350 g/mol. The van der Waals surface area contributed by atoms with Crippen molar-refractivity contribution in [2.45, 2.75) is 13.3 Å². The number of nitrogens with zero attached hydrogens (tertiary/aromatic N) is 4. The van der Waals surface area contributed by atoms with Crippen LogP contribution in [0.1, 0.15) is 21.9 Å². The molecule has 1 aromatic carbocycles. The molecule has 0 bridgehead atoms. The molecule has 1 N–H and O–H groups in total. The molecule has 0 saturated carbocycles. The number of carbonyl (C=O) groups is 1. The minimum atomic E-state index is -0.0264. The molecule has 1 aliphatic rings. The zero-order valence-corrected chi connectivity index (χ0v) is 16.0. The Balaban J connectivity index is 1.62. The van der Waals surface area contributed by atoms with E-state index in [9.17, 15) is 4.79 Å². The average molecular weight is 374 g/mol. The molecule has 1 saturated heterocycles. The van der Waals surface area contributed by atoms with Crippen LogP contribution in [0.5, 0.6) is 0 Å². The Hall–Kier alpha value is -2.18. The zero-order chi connectivity index (χ0) is 18.5. The Morgan fingerprint density at radius 1 is 1.19 bits per heavy atom. The second-order valence-corrected chi connectivity index (χ2v) is 7.02. The summed E-state index contributed by atoms with van der Waals surface area (Å²) in [4.78, 5) is 25.5. The highest BCUT2D eigenvalue weighted by molar-refractivity contribution is 6.30. The molecule has 7 heteroatoms. The molecule has 0 aliphatic carbocycles. The molecule has 0 spiro atoms. The molecule has 1 fully saturated rings. The molecule has 1 amide bonds. The fourth-order valence-electron chi connectivity index (χ4n) is 2.97. The van der Waals surface area contributed by atoms with Crippen molar-refractivity contribution in [3.8, 4) is 0 Å². The third kappa shape index (κ3) is 4.93. The van der Waals surface area contributed by atoms with Crippen LogP contribution in [-0.4, -0.2) is 65.4 Å². The van der Waals surface area contributed by atoms with Gasteiger partial charge in [0.2, 0.25) is 0 Å². The van der Waals surface area contributed by atoms with Crippen LogP contribution in [0.3, 0.4) is 0 Å². The summed E-state index contributed by atoms with van der Waals surface area (Å²) in [5.74, 6) is 1.24. The number of anilines is 1. The molecule has 26 heavy (non-hydrogen) atoms. The number of nitrogens with one attached hydrogen (secondary N) is 1. The molecule has 1 aliphatic heterocycles. The van der Waals surface area contributed by atoms with Crippen molar-refractivity contribution < 1.29 is 4.79 Å².